The van der Waals surface area contributed by atoms with Crippen LogP contribution in [-0.2, 0) is 13.6 Å². The van der Waals surface area contributed by atoms with E-state index < -0.39 is 11.2 Å². The topological polar surface area (TPSA) is 92.2 Å². The summed E-state index contributed by atoms with van der Waals surface area (Å²) >= 11 is 3.44. The van der Waals surface area contributed by atoms with Crippen molar-refractivity contribution in [1.82, 2.24) is 19.1 Å². The van der Waals surface area contributed by atoms with Crippen LogP contribution in [0, 0.1) is 20.8 Å². The Labute approximate surface area is 186 Å². The van der Waals surface area contributed by atoms with E-state index in [4.69, 9.17) is 9.15 Å². The lowest BCUT2D eigenvalue weighted by molar-refractivity contribution is 0.414. The Morgan fingerprint density at radius 2 is 1.87 bits per heavy atom. The Morgan fingerprint density at radius 3 is 2.58 bits per heavy atom. The van der Waals surface area contributed by atoms with Crippen LogP contribution in [0.4, 0.5) is 0 Å². The fourth-order valence-corrected chi connectivity index (χ4v) is 4.01. The summed E-state index contributed by atoms with van der Waals surface area (Å²) < 4.78 is 14.7. The number of pyridine rings is 1. The molecule has 4 aromatic rings. The molecule has 0 bridgehead atoms. The van der Waals surface area contributed by atoms with Gasteiger partial charge in [-0.2, -0.15) is 0 Å². The molecule has 0 unspecified atom stereocenters. The zero-order chi connectivity index (χ0) is 22.4. The number of methoxy groups -OCH3 is 1. The van der Waals surface area contributed by atoms with Crippen LogP contribution in [0.15, 0.2) is 42.7 Å². The van der Waals surface area contributed by atoms with Gasteiger partial charge in [0.1, 0.15) is 22.9 Å². The average Bonchev–Trinajstić information content (AvgIpc) is 3.09. The summed E-state index contributed by atoms with van der Waals surface area (Å²) in [7, 11) is 3.18. The molecule has 8 nitrogen and oxygen atoms in total. The minimum Gasteiger partial charge on any atom is -0.496 e. The summed E-state index contributed by atoms with van der Waals surface area (Å²) in [6.07, 6.45) is 0. The fourth-order valence-electron chi connectivity index (χ4n) is 3.64. The number of nitrogens with zero attached hydrogens (tertiary/aromatic N) is 4. The van der Waals surface area contributed by atoms with Gasteiger partial charge in [0, 0.05) is 17.2 Å². The third-order valence-electron chi connectivity index (χ3n) is 5.21. The number of ether oxygens (including phenoxy) is 1. The van der Waals surface area contributed by atoms with Crippen molar-refractivity contribution < 1.29 is 9.15 Å². The number of benzene rings is 1. The molecular weight excluding hydrogens is 464 g/mol. The van der Waals surface area contributed by atoms with Crippen LogP contribution in [0.3, 0.4) is 0 Å². The van der Waals surface area contributed by atoms with E-state index in [0.29, 0.717) is 39.7 Å². The average molecular weight is 485 g/mol. The van der Waals surface area contributed by atoms with Crippen molar-refractivity contribution >= 4 is 27.0 Å². The van der Waals surface area contributed by atoms with Crippen molar-refractivity contribution in [3.8, 4) is 17.2 Å². The van der Waals surface area contributed by atoms with Crippen molar-refractivity contribution in [1.29, 1.82) is 0 Å². The predicted molar refractivity (Wildman–Crippen MR) is 121 cm³/mol. The second-order valence-electron chi connectivity index (χ2n) is 7.38. The minimum atomic E-state index is -0.459. The fraction of sp³-hybridized carbons (Fsp3) is 0.273. The molecule has 0 radical (unpaired) electrons. The number of oxazole rings is 1. The van der Waals surface area contributed by atoms with Crippen LogP contribution in [0.2, 0.25) is 0 Å². The molecule has 0 aliphatic rings. The molecular formula is C22H21BrN4O4. The number of hydrogen-bond acceptors (Lipinski definition) is 6. The first-order valence-electron chi connectivity index (χ1n) is 9.59. The summed E-state index contributed by atoms with van der Waals surface area (Å²) in [6, 6.07) is 7.33. The standard InChI is InChI=1S/C22H21BrN4O4/c1-11-8-12(2)24-19-18(11)21(28)27(22(29)26(19)4)10-16-13(3)31-20(25-16)15-9-14(23)6-7-17(15)30-5/h6-9H,10H2,1-5H3. The molecule has 9 heteroatoms. The zero-order valence-corrected chi connectivity index (χ0v) is 19.4. The van der Waals surface area contributed by atoms with Crippen molar-refractivity contribution in [3.05, 3.63) is 72.3 Å². The third-order valence-corrected chi connectivity index (χ3v) is 5.71. The van der Waals surface area contributed by atoms with E-state index in [0.717, 1.165) is 15.7 Å². The normalized spacial score (nSPS) is 11.3. The first kappa shape index (κ1) is 21.0. The van der Waals surface area contributed by atoms with E-state index in [1.54, 1.807) is 27.1 Å². The molecule has 0 N–H and O–H groups in total. The van der Waals surface area contributed by atoms with Gasteiger partial charge < -0.3 is 9.15 Å². The van der Waals surface area contributed by atoms with Gasteiger partial charge in [-0.25, -0.2) is 14.8 Å². The van der Waals surface area contributed by atoms with Gasteiger partial charge >= 0.3 is 5.69 Å². The Morgan fingerprint density at radius 1 is 1.13 bits per heavy atom. The van der Waals surface area contributed by atoms with Crippen molar-refractivity contribution in [2.75, 3.05) is 7.11 Å². The molecule has 0 atom stereocenters. The van der Waals surface area contributed by atoms with Gasteiger partial charge in [-0.1, -0.05) is 15.9 Å². The molecule has 0 saturated carbocycles. The van der Waals surface area contributed by atoms with Crippen LogP contribution >= 0.6 is 15.9 Å². The Kier molecular flexibility index (Phi) is 5.30. The third kappa shape index (κ3) is 3.59. The van der Waals surface area contributed by atoms with Crippen LogP contribution in [0.1, 0.15) is 22.7 Å². The highest BCUT2D eigenvalue weighted by molar-refractivity contribution is 9.10. The second kappa shape index (κ2) is 7.81. The minimum absolute atomic E-state index is 0.0135. The SMILES string of the molecule is COc1ccc(Br)cc1-c1nc(Cn2c(=O)c3c(C)cc(C)nc3n(C)c2=O)c(C)o1. The van der Waals surface area contributed by atoms with Gasteiger partial charge in [0.25, 0.3) is 5.56 Å². The maximum absolute atomic E-state index is 13.2. The van der Waals surface area contributed by atoms with Gasteiger partial charge in [-0.15, -0.1) is 0 Å². The molecule has 0 fully saturated rings. The number of hydrogen-bond donors (Lipinski definition) is 0. The van der Waals surface area contributed by atoms with E-state index in [-0.39, 0.29) is 6.54 Å². The Balaban J connectivity index is 1.86. The van der Waals surface area contributed by atoms with E-state index in [1.807, 2.05) is 32.0 Å². The van der Waals surface area contributed by atoms with E-state index >= 15 is 0 Å². The van der Waals surface area contributed by atoms with Crippen LogP contribution < -0.4 is 16.0 Å². The molecule has 3 aromatic heterocycles. The second-order valence-corrected chi connectivity index (χ2v) is 8.29. The Hall–Kier alpha value is -3.20. The first-order chi connectivity index (χ1) is 14.7. The van der Waals surface area contributed by atoms with Gasteiger partial charge in [0.05, 0.1) is 24.6 Å². The summed E-state index contributed by atoms with van der Waals surface area (Å²) in [5.74, 6) is 1.47. The largest absolute Gasteiger partial charge is 0.496 e. The van der Waals surface area contributed by atoms with Gasteiger partial charge in [-0.3, -0.25) is 13.9 Å². The molecule has 160 valence electrons. The number of rotatable bonds is 4. The first-order valence-corrected chi connectivity index (χ1v) is 10.4. The lowest BCUT2D eigenvalue weighted by Gasteiger charge is -2.11. The van der Waals surface area contributed by atoms with Gasteiger partial charge in [0.2, 0.25) is 5.89 Å². The number of fused-ring (bicyclic) bond motifs is 1. The molecule has 0 amide bonds. The highest BCUT2D eigenvalue weighted by Crippen LogP contribution is 2.33. The summed E-state index contributed by atoms with van der Waals surface area (Å²) in [5, 5.41) is 0.419. The van der Waals surface area contributed by atoms with Crippen molar-refractivity contribution in [2.45, 2.75) is 27.3 Å². The van der Waals surface area contributed by atoms with E-state index in [1.165, 1.54) is 9.13 Å². The molecule has 0 spiro atoms. The van der Waals surface area contributed by atoms with Crippen molar-refractivity contribution in [2.24, 2.45) is 7.05 Å². The quantitative estimate of drug-likeness (QED) is 0.440. The maximum atomic E-state index is 13.2. The van der Waals surface area contributed by atoms with E-state index in [9.17, 15) is 9.59 Å². The van der Waals surface area contributed by atoms with Gasteiger partial charge in [-0.05, 0) is 50.6 Å². The van der Waals surface area contributed by atoms with Crippen LogP contribution in [0.25, 0.3) is 22.5 Å². The number of aromatic nitrogens is 4. The summed E-state index contributed by atoms with van der Waals surface area (Å²) in [4.78, 5) is 35.1. The number of halogens is 1. The highest BCUT2D eigenvalue weighted by Gasteiger charge is 2.20. The molecule has 31 heavy (non-hydrogen) atoms. The molecule has 4 rings (SSSR count). The van der Waals surface area contributed by atoms with E-state index in [2.05, 4.69) is 25.9 Å². The summed E-state index contributed by atoms with van der Waals surface area (Å²) in [5.41, 5.74) is 2.20. The Bertz CT molecular complexity index is 1450. The summed E-state index contributed by atoms with van der Waals surface area (Å²) in [6.45, 7) is 5.41. The predicted octanol–water partition coefficient (Wildman–Crippen LogP) is 3.49. The smallest absolute Gasteiger partial charge is 0.332 e. The molecule has 1 aromatic carbocycles. The zero-order valence-electron chi connectivity index (χ0n) is 17.8. The maximum Gasteiger partial charge on any atom is 0.332 e. The molecule has 0 aliphatic heterocycles. The lowest BCUT2D eigenvalue weighted by Crippen LogP contribution is -2.40. The van der Waals surface area contributed by atoms with Gasteiger partial charge in [0.15, 0.2) is 0 Å². The molecule has 3 heterocycles. The molecule has 0 aliphatic carbocycles. The van der Waals surface area contributed by atoms with Crippen LogP contribution in [0.5, 0.6) is 5.75 Å². The number of aryl methyl sites for hydroxylation is 4. The highest BCUT2D eigenvalue weighted by atomic mass is 79.9. The van der Waals surface area contributed by atoms with Crippen LogP contribution in [-0.4, -0.2) is 26.2 Å². The van der Waals surface area contributed by atoms with Crippen molar-refractivity contribution in [3.63, 3.8) is 0 Å². The monoisotopic (exact) mass is 484 g/mol. The molecule has 0 saturated heterocycles. The lowest BCUT2D eigenvalue weighted by atomic mass is 10.1.